The van der Waals surface area contributed by atoms with Crippen LogP contribution in [-0.2, 0) is 5.75 Å². The summed E-state index contributed by atoms with van der Waals surface area (Å²) in [5.41, 5.74) is 1.80. The zero-order chi connectivity index (χ0) is 15.1. The molecule has 1 aromatic carbocycles. The molecule has 0 aliphatic rings. The second-order valence-electron chi connectivity index (χ2n) is 4.53. The highest BCUT2D eigenvalue weighted by Crippen LogP contribution is 2.23. The Bertz CT molecular complexity index is 581. The van der Waals surface area contributed by atoms with Gasteiger partial charge in [0.15, 0.2) is 0 Å². The molecule has 6 heteroatoms. The van der Waals surface area contributed by atoms with E-state index in [0.29, 0.717) is 12.1 Å². The van der Waals surface area contributed by atoms with Crippen molar-refractivity contribution in [2.75, 3.05) is 20.1 Å². The average Bonchev–Trinajstić information content (AvgIpc) is 2.91. The number of carbonyl (C=O) groups is 1. The topological polar surface area (TPSA) is 54.0 Å². The fourth-order valence-electron chi connectivity index (χ4n) is 1.74. The minimum absolute atomic E-state index is 0.0306. The van der Waals surface area contributed by atoms with Crippen LogP contribution in [0.4, 0.5) is 0 Å². The Morgan fingerprint density at radius 1 is 1.29 bits per heavy atom. The molecule has 0 unspecified atom stereocenters. The second-order valence-corrected chi connectivity index (χ2v) is 6.64. The third kappa shape index (κ3) is 5.15. The molecule has 1 aromatic heterocycles. The van der Waals surface area contributed by atoms with Gasteiger partial charge >= 0.3 is 0 Å². The maximum absolute atomic E-state index is 11.9. The summed E-state index contributed by atoms with van der Waals surface area (Å²) < 4.78 is 0. The molecule has 0 atom stereocenters. The van der Waals surface area contributed by atoms with Crippen molar-refractivity contribution in [1.29, 1.82) is 0 Å². The summed E-state index contributed by atoms with van der Waals surface area (Å²) in [4.78, 5) is 17.4. The average molecular weight is 321 g/mol. The van der Waals surface area contributed by atoms with Crippen LogP contribution in [0.15, 0.2) is 34.5 Å². The van der Waals surface area contributed by atoms with Crippen LogP contribution in [0.1, 0.15) is 21.1 Å². The van der Waals surface area contributed by atoms with Gasteiger partial charge < -0.3 is 10.6 Å². The van der Waals surface area contributed by atoms with E-state index in [-0.39, 0.29) is 5.91 Å². The lowest BCUT2D eigenvalue weighted by atomic mass is 10.2. The molecule has 0 saturated carbocycles. The zero-order valence-corrected chi connectivity index (χ0v) is 13.8. The lowest BCUT2D eigenvalue weighted by Crippen LogP contribution is -2.30. The standard InChI is InChI=1S/C15H19N3OS2/c1-11-18-13(9-20-11)10-21-14-5-3-12(4-6-14)15(19)17-8-7-16-2/h3-6,9,16H,7-8,10H2,1-2H3,(H,17,19). The molecule has 112 valence electrons. The van der Waals surface area contributed by atoms with Crippen molar-refractivity contribution < 1.29 is 4.79 Å². The number of nitrogens with one attached hydrogen (secondary N) is 2. The summed E-state index contributed by atoms with van der Waals surface area (Å²) in [7, 11) is 1.86. The van der Waals surface area contributed by atoms with Gasteiger partial charge in [-0.2, -0.15) is 0 Å². The molecule has 4 nitrogen and oxygen atoms in total. The molecule has 1 heterocycles. The Kier molecular flexibility index (Phi) is 6.22. The monoisotopic (exact) mass is 321 g/mol. The Morgan fingerprint density at radius 2 is 2.05 bits per heavy atom. The van der Waals surface area contributed by atoms with Crippen LogP contribution < -0.4 is 10.6 Å². The number of rotatable bonds is 7. The van der Waals surface area contributed by atoms with Crippen molar-refractivity contribution >= 4 is 29.0 Å². The van der Waals surface area contributed by atoms with Crippen LogP contribution in [-0.4, -0.2) is 31.0 Å². The Hall–Kier alpha value is -1.37. The molecular weight excluding hydrogens is 302 g/mol. The quantitative estimate of drug-likeness (QED) is 0.608. The number of likely N-dealkylation sites (N-methyl/N-ethyl adjacent to an activating group) is 1. The van der Waals surface area contributed by atoms with E-state index in [2.05, 4.69) is 21.0 Å². The Balaban J connectivity index is 1.85. The first kappa shape index (κ1) is 16.0. The van der Waals surface area contributed by atoms with E-state index in [4.69, 9.17) is 0 Å². The molecule has 21 heavy (non-hydrogen) atoms. The number of hydrogen-bond donors (Lipinski definition) is 2. The van der Waals surface area contributed by atoms with E-state index in [1.165, 1.54) is 0 Å². The number of thiazole rings is 1. The van der Waals surface area contributed by atoms with Gasteiger partial charge in [-0.05, 0) is 38.2 Å². The normalized spacial score (nSPS) is 10.6. The number of aryl methyl sites for hydroxylation is 1. The SMILES string of the molecule is CNCCNC(=O)c1ccc(SCc2csc(C)n2)cc1. The number of carbonyl (C=O) groups excluding carboxylic acids is 1. The van der Waals surface area contributed by atoms with Gasteiger partial charge in [0, 0.05) is 34.7 Å². The van der Waals surface area contributed by atoms with E-state index in [0.717, 1.165) is 27.9 Å². The van der Waals surface area contributed by atoms with E-state index >= 15 is 0 Å². The first-order valence-corrected chi connectivity index (χ1v) is 8.62. The largest absolute Gasteiger partial charge is 0.351 e. The number of amides is 1. The zero-order valence-electron chi connectivity index (χ0n) is 12.2. The van der Waals surface area contributed by atoms with Crippen LogP contribution in [0, 0.1) is 6.92 Å². The van der Waals surface area contributed by atoms with Crippen LogP contribution in [0.3, 0.4) is 0 Å². The number of aromatic nitrogens is 1. The van der Waals surface area contributed by atoms with E-state index < -0.39 is 0 Å². The molecule has 0 saturated heterocycles. The number of hydrogen-bond acceptors (Lipinski definition) is 5. The third-order valence-corrected chi connectivity index (χ3v) is 4.70. The lowest BCUT2D eigenvalue weighted by Gasteiger charge is -2.05. The molecule has 2 rings (SSSR count). The summed E-state index contributed by atoms with van der Waals surface area (Å²) >= 11 is 3.40. The van der Waals surface area contributed by atoms with Gasteiger partial charge in [0.2, 0.25) is 0 Å². The van der Waals surface area contributed by atoms with Crippen molar-refractivity contribution in [3.05, 3.63) is 45.9 Å². The van der Waals surface area contributed by atoms with Crippen molar-refractivity contribution in [3.63, 3.8) is 0 Å². The van der Waals surface area contributed by atoms with Crippen molar-refractivity contribution in [1.82, 2.24) is 15.6 Å². The molecule has 2 N–H and O–H groups in total. The van der Waals surface area contributed by atoms with Crippen molar-refractivity contribution in [3.8, 4) is 0 Å². The first-order valence-electron chi connectivity index (χ1n) is 6.75. The summed E-state index contributed by atoms with van der Waals surface area (Å²) in [6.07, 6.45) is 0. The van der Waals surface area contributed by atoms with Gasteiger partial charge in [0.05, 0.1) is 10.7 Å². The Labute approximate surface area is 133 Å². The van der Waals surface area contributed by atoms with Crippen LogP contribution >= 0.6 is 23.1 Å². The molecule has 0 bridgehead atoms. The minimum atomic E-state index is -0.0306. The minimum Gasteiger partial charge on any atom is -0.351 e. The van der Waals surface area contributed by atoms with Crippen molar-refractivity contribution in [2.45, 2.75) is 17.6 Å². The van der Waals surface area contributed by atoms with E-state index in [1.54, 1.807) is 23.1 Å². The molecule has 0 aliphatic heterocycles. The van der Waals surface area contributed by atoms with Crippen LogP contribution in [0.2, 0.25) is 0 Å². The highest BCUT2D eigenvalue weighted by molar-refractivity contribution is 7.98. The summed E-state index contributed by atoms with van der Waals surface area (Å²) in [6.45, 7) is 3.42. The second kappa shape index (κ2) is 8.17. The summed E-state index contributed by atoms with van der Waals surface area (Å²) in [5, 5.41) is 9.04. The van der Waals surface area contributed by atoms with Crippen LogP contribution in [0.25, 0.3) is 0 Å². The molecule has 0 radical (unpaired) electrons. The predicted molar refractivity (Wildman–Crippen MR) is 89.1 cm³/mol. The van der Waals surface area contributed by atoms with E-state index in [9.17, 15) is 4.79 Å². The van der Waals surface area contributed by atoms with Gasteiger partial charge in [-0.1, -0.05) is 0 Å². The molecule has 0 fully saturated rings. The molecule has 2 aromatic rings. The van der Waals surface area contributed by atoms with Gasteiger partial charge in [-0.15, -0.1) is 23.1 Å². The summed E-state index contributed by atoms with van der Waals surface area (Å²) in [6, 6.07) is 7.69. The van der Waals surface area contributed by atoms with E-state index in [1.807, 2.05) is 38.2 Å². The lowest BCUT2D eigenvalue weighted by molar-refractivity contribution is 0.0954. The van der Waals surface area contributed by atoms with Gasteiger partial charge in [0.25, 0.3) is 5.91 Å². The first-order chi connectivity index (χ1) is 10.2. The number of nitrogens with zero attached hydrogens (tertiary/aromatic N) is 1. The molecular formula is C15H19N3OS2. The molecule has 0 aliphatic carbocycles. The van der Waals surface area contributed by atoms with Gasteiger partial charge in [-0.25, -0.2) is 4.98 Å². The number of thioether (sulfide) groups is 1. The fourth-order valence-corrected chi connectivity index (χ4v) is 3.25. The predicted octanol–water partition coefficient (Wildman–Crippen LogP) is 2.69. The van der Waals surface area contributed by atoms with Gasteiger partial charge in [-0.3, -0.25) is 4.79 Å². The third-order valence-electron chi connectivity index (χ3n) is 2.83. The molecule has 1 amide bonds. The van der Waals surface area contributed by atoms with Crippen molar-refractivity contribution in [2.24, 2.45) is 0 Å². The maximum Gasteiger partial charge on any atom is 0.251 e. The highest BCUT2D eigenvalue weighted by Gasteiger charge is 2.05. The Morgan fingerprint density at radius 3 is 2.67 bits per heavy atom. The van der Waals surface area contributed by atoms with Gasteiger partial charge in [0.1, 0.15) is 0 Å². The highest BCUT2D eigenvalue weighted by atomic mass is 32.2. The van der Waals surface area contributed by atoms with Crippen LogP contribution in [0.5, 0.6) is 0 Å². The smallest absolute Gasteiger partial charge is 0.251 e. The fraction of sp³-hybridized carbons (Fsp3) is 0.333. The summed E-state index contributed by atoms with van der Waals surface area (Å²) in [5.74, 6) is 0.829. The maximum atomic E-state index is 11.9. The molecule has 0 spiro atoms. The number of benzene rings is 1.